The Morgan fingerprint density at radius 3 is 2.72 bits per heavy atom. The summed E-state index contributed by atoms with van der Waals surface area (Å²) in [5.41, 5.74) is 3.41. The quantitative estimate of drug-likeness (QED) is 0.460. The second kappa shape index (κ2) is 10.1. The SMILES string of the molecule is C[C@@H]1CN(c2ccc(Nc3ncc4c(n3)N(C)CN(c3c(Cl)cccc3Cl)C4=O)cc2CO)CCN1. The van der Waals surface area contributed by atoms with Crippen molar-refractivity contribution in [3.8, 4) is 0 Å². The van der Waals surface area contributed by atoms with Gasteiger partial charge in [-0.2, -0.15) is 4.98 Å². The van der Waals surface area contributed by atoms with Gasteiger partial charge in [-0.3, -0.25) is 9.69 Å². The Balaban J connectivity index is 1.39. The molecule has 3 heterocycles. The number of aliphatic hydroxyl groups excluding tert-OH is 1. The van der Waals surface area contributed by atoms with E-state index in [1.807, 2.05) is 30.1 Å². The molecule has 0 spiro atoms. The molecule has 2 aliphatic rings. The number of piperazine rings is 1. The number of carbonyl (C=O) groups excluding carboxylic acids is 1. The molecule has 3 aromatic rings. The van der Waals surface area contributed by atoms with Gasteiger partial charge in [0.05, 0.1) is 29.0 Å². The standard InChI is InChI=1S/C25H27Cl2N7O2/c1-15-12-33(9-8-28-15)21-7-6-17(10-16(21)13-35)30-25-29-11-18-23(31-25)32(2)14-34(24(18)36)22-19(26)4-3-5-20(22)27/h3-7,10-11,15,28,35H,8-9,12-14H2,1-2H3,(H,29,30,31)/t15-/m1/s1. The van der Waals surface area contributed by atoms with Gasteiger partial charge in [-0.25, -0.2) is 4.98 Å². The van der Waals surface area contributed by atoms with E-state index in [0.717, 1.165) is 36.6 Å². The Kier molecular flexibility index (Phi) is 6.90. The van der Waals surface area contributed by atoms with Gasteiger partial charge in [0.25, 0.3) is 5.91 Å². The lowest BCUT2D eigenvalue weighted by molar-refractivity contribution is 0.0982. The van der Waals surface area contributed by atoms with Gasteiger partial charge in [0.1, 0.15) is 11.4 Å². The number of carbonyl (C=O) groups is 1. The lowest BCUT2D eigenvalue weighted by Crippen LogP contribution is -2.49. The van der Waals surface area contributed by atoms with E-state index < -0.39 is 0 Å². The molecule has 9 nitrogen and oxygen atoms in total. The Labute approximate surface area is 219 Å². The van der Waals surface area contributed by atoms with Gasteiger partial charge in [0.15, 0.2) is 0 Å². The third kappa shape index (κ3) is 4.67. The fourth-order valence-corrected chi connectivity index (χ4v) is 5.26. The number of amides is 1. The first kappa shape index (κ1) is 24.6. The maximum Gasteiger partial charge on any atom is 0.265 e. The topological polar surface area (TPSA) is 96.9 Å². The molecule has 2 aliphatic heterocycles. The Hall–Kier alpha value is -3.11. The summed E-state index contributed by atoms with van der Waals surface area (Å²) in [6.07, 6.45) is 1.50. The third-order valence-corrected chi connectivity index (χ3v) is 6.99. The number of halogens is 2. The normalized spacial score (nSPS) is 17.9. The first-order chi connectivity index (χ1) is 17.4. The fraction of sp³-hybridized carbons (Fsp3) is 0.320. The molecule has 3 N–H and O–H groups in total. The van der Waals surface area contributed by atoms with Crippen LogP contribution in [0.4, 0.5) is 28.8 Å². The highest BCUT2D eigenvalue weighted by Gasteiger charge is 2.32. The van der Waals surface area contributed by atoms with Crippen LogP contribution in [0, 0.1) is 0 Å². The van der Waals surface area contributed by atoms with Crippen LogP contribution >= 0.6 is 23.2 Å². The Bertz CT molecular complexity index is 1290. The van der Waals surface area contributed by atoms with Crippen LogP contribution in [-0.4, -0.2) is 60.4 Å². The molecule has 1 fully saturated rings. The van der Waals surface area contributed by atoms with Crippen molar-refractivity contribution in [3.63, 3.8) is 0 Å². The summed E-state index contributed by atoms with van der Waals surface area (Å²) < 4.78 is 0. The van der Waals surface area contributed by atoms with Crippen LogP contribution in [0.25, 0.3) is 0 Å². The summed E-state index contributed by atoms with van der Waals surface area (Å²) in [4.78, 5) is 27.9. The van der Waals surface area contributed by atoms with E-state index >= 15 is 0 Å². The van der Waals surface area contributed by atoms with Gasteiger partial charge < -0.3 is 25.5 Å². The number of hydrogen-bond acceptors (Lipinski definition) is 8. The average Bonchev–Trinajstić information content (AvgIpc) is 2.86. The average molecular weight is 528 g/mol. The number of nitrogens with one attached hydrogen (secondary N) is 2. The number of aliphatic hydroxyl groups is 1. The third-order valence-electron chi connectivity index (χ3n) is 6.38. The summed E-state index contributed by atoms with van der Waals surface area (Å²) >= 11 is 12.7. The van der Waals surface area contributed by atoms with Crippen LogP contribution in [0.5, 0.6) is 0 Å². The summed E-state index contributed by atoms with van der Waals surface area (Å²) in [5, 5.41) is 17.4. The second-order valence-electron chi connectivity index (χ2n) is 9.00. The van der Waals surface area contributed by atoms with E-state index in [4.69, 9.17) is 23.2 Å². The molecule has 0 unspecified atom stereocenters. The van der Waals surface area contributed by atoms with E-state index in [1.165, 1.54) is 11.1 Å². The summed E-state index contributed by atoms with van der Waals surface area (Å²) in [6, 6.07) is 11.4. The molecular weight excluding hydrogens is 501 g/mol. The van der Waals surface area contributed by atoms with Crippen LogP contribution in [0.15, 0.2) is 42.6 Å². The molecule has 0 radical (unpaired) electrons. The molecule has 0 saturated carbocycles. The van der Waals surface area contributed by atoms with Crippen molar-refractivity contribution in [2.75, 3.05) is 53.4 Å². The highest BCUT2D eigenvalue weighted by atomic mass is 35.5. The number of nitrogens with zero attached hydrogens (tertiary/aromatic N) is 5. The zero-order valence-corrected chi connectivity index (χ0v) is 21.5. The highest BCUT2D eigenvalue weighted by Crippen LogP contribution is 2.37. The molecule has 1 aromatic heterocycles. The minimum absolute atomic E-state index is 0.0775. The molecule has 0 bridgehead atoms. The molecule has 11 heteroatoms. The zero-order valence-electron chi connectivity index (χ0n) is 20.0. The summed E-state index contributed by atoms with van der Waals surface area (Å²) in [6.45, 7) is 4.98. The van der Waals surface area contributed by atoms with E-state index in [1.54, 1.807) is 18.2 Å². The van der Waals surface area contributed by atoms with Crippen molar-refractivity contribution in [1.82, 2.24) is 15.3 Å². The van der Waals surface area contributed by atoms with Gasteiger partial charge in [-0.05, 0) is 37.3 Å². The van der Waals surface area contributed by atoms with Crippen molar-refractivity contribution in [1.29, 1.82) is 0 Å². The number of rotatable bonds is 5. The van der Waals surface area contributed by atoms with Crippen molar-refractivity contribution in [3.05, 3.63) is 63.8 Å². The largest absolute Gasteiger partial charge is 0.392 e. The predicted molar refractivity (Wildman–Crippen MR) is 144 cm³/mol. The number of anilines is 5. The van der Waals surface area contributed by atoms with Gasteiger partial charge >= 0.3 is 0 Å². The lowest BCUT2D eigenvalue weighted by atomic mass is 10.1. The number of benzene rings is 2. The first-order valence-corrected chi connectivity index (χ1v) is 12.4. The minimum Gasteiger partial charge on any atom is -0.392 e. The van der Waals surface area contributed by atoms with Crippen LogP contribution in [0.1, 0.15) is 22.8 Å². The van der Waals surface area contributed by atoms with Crippen molar-refractivity contribution in [2.45, 2.75) is 19.6 Å². The number of para-hydroxylation sites is 1. The molecule has 1 saturated heterocycles. The van der Waals surface area contributed by atoms with Crippen LogP contribution in [-0.2, 0) is 6.61 Å². The number of aromatic nitrogens is 2. The first-order valence-electron chi connectivity index (χ1n) is 11.7. The molecule has 1 atom stereocenters. The van der Waals surface area contributed by atoms with Gasteiger partial charge in [-0.15, -0.1) is 0 Å². The maximum absolute atomic E-state index is 13.3. The zero-order chi connectivity index (χ0) is 25.4. The fourth-order valence-electron chi connectivity index (χ4n) is 4.66. The Morgan fingerprint density at radius 2 is 2.00 bits per heavy atom. The van der Waals surface area contributed by atoms with Crippen LogP contribution < -0.4 is 25.3 Å². The number of hydrogen-bond donors (Lipinski definition) is 3. The van der Waals surface area contributed by atoms with E-state index in [0.29, 0.717) is 39.1 Å². The van der Waals surface area contributed by atoms with Gasteiger partial charge in [-0.1, -0.05) is 29.3 Å². The Morgan fingerprint density at radius 1 is 1.22 bits per heavy atom. The predicted octanol–water partition coefficient (Wildman–Crippen LogP) is 3.87. The number of fused-ring (bicyclic) bond motifs is 1. The van der Waals surface area contributed by atoms with Crippen LogP contribution in [0.2, 0.25) is 10.0 Å². The van der Waals surface area contributed by atoms with Gasteiger partial charge in [0.2, 0.25) is 5.95 Å². The molecule has 0 aliphatic carbocycles. The molecule has 188 valence electrons. The second-order valence-corrected chi connectivity index (χ2v) is 9.82. The molecule has 36 heavy (non-hydrogen) atoms. The molecule has 2 aromatic carbocycles. The minimum atomic E-state index is -0.276. The van der Waals surface area contributed by atoms with E-state index in [-0.39, 0.29) is 19.2 Å². The monoisotopic (exact) mass is 527 g/mol. The molecular formula is C25H27Cl2N7O2. The van der Waals surface area contributed by atoms with Gasteiger partial charge in [0, 0.05) is 55.9 Å². The summed E-state index contributed by atoms with van der Waals surface area (Å²) in [7, 11) is 1.84. The maximum atomic E-state index is 13.3. The van der Waals surface area contributed by atoms with Crippen molar-refractivity contribution in [2.24, 2.45) is 0 Å². The van der Waals surface area contributed by atoms with Crippen molar-refractivity contribution < 1.29 is 9.90 Å². The van der Waals surface area contributed by atoms with E-state index in [2.05, 4.69) is 32.4 Å². The van der Waals surface area contributed by atoms with Crippen molar-refractivity contribution >= 4 is 57.9 Å². The summed E-state index contributed by atoms with van der Waals surface area (Å²) in [5.74, 6) is 0.581. The lowest BCUT2D eigenvalue weighted by Gasteiger charge is -2.35. The molecule has 1 amide bonds. The molecule has 5 rings (SSSR count). The van der Waals surface area contributed by atoms with E-state index in [9.17, 15) is 9.90 Å². The smallest absolute Gasteiger partial charge is 0.265 e. The van der Waals surface area contributed by atoms with Crippen LogP contribution in [0.3, 0.4) is 0 Å². The highest BCUT2D eigenvalue weighted by molar-refractivity contribution is 6.40.